The van der Waals surface area contributed by atoms with Crippen molar-refractivity contribution in [3.8, 4) is 0 Å². The summed E-state index contributed by atoms with van der Waals surface area (Å²) in [7, 11) is 0. The Balaban J connectivity index is 2.25. The number of carboxylic acid groups (broad SMARTS) is 2. The van der Waals surface area contributed by atoms with E-state index in [0.717, 1.165) is 0 Å². The third kappa shape index (κ3) is 4.11. The zero-order valence-corrected chi connectivity index (χ0v) is 13.3. The molecule has 2 rings (SSSR count). The average Bonchev–Trinajstić information content (AvgIpc) is 2.60. The molecule has 7 N–H and O–H groups in total. The van der Waals surface area contributed by atoms with Gasteiger partial charge in [-0.3, -0.25) is 0 Å². The zero-order chi connectivity index (χ0) is 20.5. The molecule has 27 heavy (non-hydrogen) atoms. The summed E-state index contributed by atoms with van der Waals surface area (Å²) in [6.45, 7) is 0. The SMILES string of the molecule is [N-]=[N+]=N[C@@H]1O[C@H](C(=O)O)[C@@H](O[C@@H]2O[C@H](C(=O)O)[C@@H](O)[C@H](O)[C@H]2O)[C@H](O)[C@H]1O. The van der Waals surface area contributed by atoms with Crippen molar-refractivity contribution < 1.29 is 59.5 Å². The summed E-state index contributed by atoms with van der Waals surface area (Å²) < 4.78 is 14.8. The van der Waals surface area contributed by atoms with Crippen molar-refractivity contribution in [3.63, 3.8) is 0 Å². The third-order valence-electron chi connectivity index (χ3n) is 4.08. The molecular weight excluding hydrogens is 378 g/mol. The number of aliphatic carboxylic acids is 2. The van der Waals surface area contributed by atoms with E-state index in [2.05, 4.69) is 10.0 Å². The van der Waals surface area contributed by atoms with Crippen LogP contribution in [-0.2, 0) is 23.8 Å². The topological polar surface area (TPSA) is 252 Å². The Hall–Kier alpha value is -2.07. The van der Waals surface area contributed by atoms with Crippen LogP contribution < -0.4 is 0 Å². The van der Waals surface area contributed by atoms with E-state index in [1.54, 1.807) is 0 Å². The molecule has 15 heteroatoms. The van der Waals surface area contributed by atoms with E-state index in [1.807, 2.05) is 0 Å². The number of hydrogen-bond donors (Lipinski definition) is 7. The van der Waals surface area contributed by atoms with Gasteiger partial charge in [0.25, 0.3) is 0 Å². The van der Waals surface area contributed by atoms with Gasteiger partial charge in [-0.2, -0.15) is 0 Å². The minimum absolute atomic E-state index is 1.70. The van der Waals surface area contributed by atoms with Crippen LogP contribution in [0.3, 0.4) is 0 Å². The largest absolute Gasteiger partial charge is 0.479 e. The number of aliphatic hydroxyl groups is 5. The molecule has 2 aliphatic heterocycles. The molecule has 0 aromatic rings. The quantitative estimate of drug-likeness (QED) is 0.134. The minimum Gasteiger partial charge on any atom is -0.479 e. The molecule has 0 spiro atoms. The van der Waals surface area contributed by atoms with E-state index < -0.39 is 73.3 Å². The normalized spacial score (nSPS) is 44.9. The zero-order valence-electron chi connectivity index (χ0n) is 13.3. The fourth-order valence-electron chi connectivity index (χ4n) is 2.67. The molecule has 0 unspecified atom stereocenters. The van der Waals surface area contributed by atoms with Crippen molar-refractivity contribution in [2.24, 2.45) is 5.11 Å². The number of aliphatic hydroxyl groups excluding tert-OH is 5. The molecule has 0 aliphatic carbocycles. The number of nitrogens with zero attached hydrogens (tertiary/aromatic N) is 3. The Bertz CT molecular complexity index is 627. The maximum Gasteiger partial charge on any atom is 0.335 e. The van der Waals surface area contributed by atoms with Crippen molar-refractivity contribution in [1.82, 2.24) is 0 Å². The molecule has 0 radical (unpaired) electrons. The molecule has 0 aromatic carbocycles. The summed E-state index contributed by atoms with van der Waals surface area (Å²) in [5, 5.41) is 70.4. The molecule has 2 saturated heterocycles. The van der Waals surface area contributed by atoms with Crippen LogP contribution in [0.5, 0.6) is 0 Å². The van der Waals surface area contributed by atoms with Crippen molar-refractivity contribution in [2.45, 2.75) is 61.3 Å². The van der Waals surface area contributed by atoms with Gasteiger partial charge in [-0.15, -0.1) is 0 Å². The summed E-state index contributed by atoms with van der Waals surface area (Å²) in [5.74, 6) is -3.41. The maximum atomic E-state index is 11.4. The average molecular weight is 395 g/mol. The van der Waals surface area contributed by atoms with Gasteiger partial charge in [0.1, 0.15) is 36.6 Å². The second kappa shape index (κ2) is 8.30. The van der Waals surface area contributed by atoms with Crippen LogP contribution in [0.2, 0.25) is 0 Å². The predicted molar refractivity (Wildman–Crippen MR) is 76.6 cm³/mol. The lowest BCUT2D eigenvalue weighted by Gasteiger charge is -2.44. The monoisotopic (exact) mass is 395 g/mol. The first kappa shape index (κ1) is 21.2. The fraction of sp³-hybridized carbons (Fsp3) is 0.833. The first-order valence-electron chi connectivity index (χ1n) is 7.46. The third-order valence-corrected chi connectivity index (χ3v) is 4.08. The molecule has 0 bridgehead atoms. The number of hydrogen-bond acceptors (Lipinski definition) is 11. The Morgan fingerprint density at radius 2 is 1.44 bits per heavy atom. The lowest BCUT2D eigenvalue weighted by Crippen LogP contribution is -2.65. The summed E-state index contributed by atoms with van der Waals surface area (Å²) in [4.78, 5) is 24.8. The maximum absolute atomic E-state index is 11.4. The fourth-order valence-corrected chi connectivity index (χ4v) is 2.67. The van der Waals surface area contributed by atoms with E-state index in [9.17, 15) is 40.2 Å². The van der Waals surface area contributed by atoms with Gasteiger partial charge in [0, 0.05) is 4.91 Å². The van der Waals surface area contributed by atoms with E-state index in [-0.39, 0.29) is 0 Å². The standard InChI is InChI=1S/C12H17N3O12/c13-15-14-9-4(19)3(18)6(8(25-9)11(23)24)26-12-5(20)1(16)2(17)7(27-12)10(21)22/h1-9,12,16-20H,(H,21,22)(H,23,24)/t1-,2-,3+,4+,5+,6-,7-,8-,9+,12+/m0/s1. The molecule has 10 atom stereocenters. The number of azide groups is 1. The molecule has 15 nitrogen and oxygen atoms in total. The molecular formula is C12H17N3O12. The number of rotatable bonds is 5. The van der Waals surface area contributed by atoms with Gasteiger partial charge in [0.2, 0.25) is 0 Å². The number of carboxylic acids is 2. The molecule has 0 saturated carbocycles. The van der Waals surface area contributed by atoms with Crippen LogP contribution in [0.4, 0.5) is 0 Å². The lowest BCUT2D eigenvalue weighted by molar-refractivity contribution is -0.333. The molecule has 2 fully saturated rings. The number of ether oxygens (including phenoxy) is 3. The van der Waals surface area contributed by atoms with Gasteiger partial charge in [-0.1, -0.05) is 5.11 Å². The van der Waals surface area contributed by atoms with Crippen LogP contribution in [-0.4, -0.2) is 109 Å². The second-order valence-corrected chi connectivity index (χ2v) is 5.81. The van der Waals surface area contributed by atoms with Gasteiger partial charge >= 0.3 is 11.9 Å². The van der Waals surface area contributed by atoms with Crippen molar-refractivity contribution in [3.05, 3.63) is 10.4 Å². The Morgan fingerprint density at radius 1 is 0.852 bits per heavy atom. The molecule has 0 aromatic heterocycles. The first-order chi connectivity index (χ1) is 12.6. The van der Waals surface area contributed by atoms with E-state index >= 15 is 0 Å². The van der Waals surface area contributed by atoms with Crippen LogP contribution >= 0.6 is 0 Å². The Morgan fingerprint density at radius 3 is 1.96 bits per heavy atom. The van der Waals surface area contributed by atoms with E-state index in [1.165, 1.54) is 0 Å². The Kier molecular flexibility index (Phi) is 6.53. The Labute approximate surface area is 149 Å². The summed E-state index contributed by atoms with van der Waals surface area (Å²) >= 11 is 0. The van der Waals surface area contributed by atoms with Gasteiger partial charge in [-0.25, -0.2) is 9.59 Å². The summed E-state index contributed by atoms with van der Waals surface area (Å²) in [6.07, 6.45) is -19.7. The second-order valence-electron chi connectivity index (χ2n) is 5.81. The molecule has 2 aliphatic rings. The summed E-state index contributed by atoms with van der Waals surface area (Å²) in [5.41, 5.74) is 8.39. The smallest absolute Gasteiger partial charge is 0.335 e. The van der Waals surface area contributed by atoms with Crippen LogP contribution in [0.1, 0.15) is 0 Å². The first-order valence-corrected chi connectivity index (χ1v) is 7.46. The van der Waals surface area contributed by atoms with Gasteiger partial charge in [-0.05, 0) is 5.53 Å². The van der Waals surface area contributed by atoms with Gasteiger partial charge < -0.3 is 50.0 Å². The predicted octanol–water partition coefficient (Wildman–Crippen LogP) is -3.89. The highest BCUT2D eigenvalue weighted by Gasteiger charge is 2.53. The van der Waals surface area contributed by atoms with Gasteiger partial charge in [0.15, 0.2) is 24.7 Å². The number of carbonyl (C=O) groups is 2. The van der Waals surface area contributed by atoms with Crippen molar-refractivity contribution in [1.29, 1.82) is 0 Å². The van der Waals surface area contributed by atoms with Crippen molar-refractivity contribution in [2.75, 3.05) is 0 Å². The van der Waals surface area contributed by atoms with Crippen LogP contribution in [0, 0.1) is 0 Å². The van der Waals surface area contributed by atoms with E-state index in [0.29, 0.717) is 0 Å². The van der Waals surface area contributed by atoms with E-state index in [4.69, 9.17) is 24.8 Å². The lowest BCUT2D eigenvalue weighted by atomic mass is 9.96. The summed E-state index contributed by atoms with van der Waals surface area (Å²) in [6, 6.07) is 0. The highest BCUT2D eigenvalue weighted by atomic mass is 16.7. The minimum atomic E-state index is -2.03. The van der Waals surface area contributed by atoms with Crippen LogP contribution in [0.25, 0.3) is 10.4 Å². The molecule has 0 amide bonds. The van der Waals surface area contributed by atoms with Gasteiger partial charge in [0.05, 0.1) is 0 Å². The van der Waals surface area contributed by atoms with Crippen molar-refractivity contribution >= 4 is 11.9 Å². The molecule has 2 heterocycles. The van der Waals surface area contributed by atoms with Crippen LogP contribution in [0.15, 0.2) is 5.11 Å². The molecule has 152 valence electrons. The highest BCUT2D eigenvalue weighted by molar-refractivity contribution is 5.74. The highest BCUT2D eigenvalue weighted by Crippen LogP contribution is 2.29.